The first-order valence-electron chi connectivity index (χ1n) is 9.08. The summed E-state index contributed by atoms with van der Waals surface area (Å²) in [5.74, 6) is 0.545. The van der Waals surface area contributed by atoms with Crippen molar-refractivity contribution in [3.63, 3.8) is 0 Å². The number of furan rings is 1. The molecule has 1 aliphatic carbocycles. The van der Waals surface area contributed by atoms with Gasteiger partial charge in [0.2, 0.25) is 5.91 Å². The molecule has 1 N–H and O–H groups in total. The highest BCUT2D eigenvalue weighted by Gasteiger charge is 2.20. The molecule has 0 bridgehead atoms. The number of aromatic nitrogens is 3. The van der Waals surface area contributed by atoms with Crippen molar-refractivity contribution < 1.29 is 9.21 Å². The molecule has 3 aromatic rings. The van der Waals surface area contributed by atoms with Crippen molar-refractivity contribution in [3.8, 4) is 0 Å². The van der Waals surface area contributed by atoms with Crippen LogP contribution in [-0.2, 0) is 17.9 Å². The Morgan fingerprint density at radius 2 is 2.04 bits per heavy atom. The highest BCUT2D eigenvalue weighted by Crippen LogP contribution is 2.17. The van der Waals surface area contributed by atoms with Crippen LogP contribution in [0.5, 0.6) is 0 Å². The fraction of sp³-hybridized carbons (Fsp3) is 0.421. The van der Waals surface area contributed by atoms with E-state index in [4.69, 9.17) is 4.42 Å². The lowest BCUT2D eigenvalue weighted by molar-refractivity contribution is -0.122. The summed E-state index contributed by atoms with van der Waals surface area (Å²) in [5, 5.41) is 3.07. The monoisotopic (exact) mass is 354 g/mol. The molecule has 1 aliphatic rings. The molecule has 7 heteroatoms. The maximum Gasteiger partial charge on any atom is 0.331 e. The van der Waals surface area contributed by atoms with Gasteiger partial charge in [0.25, 0.3) is 0 Å². The van der Waals surface area contributed by atoms with E-state index in [9.17, 15) is 9.59 Å². The molecule has 136 valence electrons. The standard InChI is InChI=1S/C19H22N4O3/c24-17(21-14-6-2-1-3-7-14)13-22-16-9-4-10-20-18(16)23(19(22)25)12-15-8-5-11-26-15/h4-5,8-11,14H,1-3,6-7,12-13H2,(H,21,24). The third-order valence-corrected chi connectivity index (χ3v) is 4.94. The second-order valence-electron chi connectivity index (χ2n) is 6.78. The van der Waals surface area contributed by atoms with Gasteiger partial charge in [0.05, 0.1) is 18.3 Å². The van der Waals surface area contributed by atoms with Crippen LogP contribution >= 0.6 is 0 Å². The molecule has 7 nitrogen and oxygen atoms in total. The van der Waals surface area contributed by atoms with E-state index < -0.39 is 0 Å². The van der Waals surface area contributed by atoms with Crippen LogP contribution in [0.1, 0.15) is 37.9 Å². The number of pyridine rings is 1. The molecule has 0 atom stereocenters. The minimum absolute atomic E-state index is 0.00266. The number of rotatable bonds is 5. The molecule has 1 fully saturated rings. The SMILES string of the molecule is O=C(Cn1c(=O)n(Cc2ccco2)c2ncccc21)NC1CCCCC1. The Bertz CT molecular complexity index is 949. The summed E-state index contributed by atoms with van der Waals surface area (Å²) in [6.45, 7) is 0.291. The number of hydrogen-bond donors (Lipinski definition) is 1. The number of nitrogens with zero attached hydrogens (tertiary/aromatic N) is 3. The fourth-order valence-electron chi connectivity index (χ4n) is 3.66. The van der Waals surface area contributed by atoms with E-state index in [2.05, 4.69) is 10.3 Å². The van der Waals surface area contributed by atoms with Gasteiger partial charge in [-0.05, 0) is 37.1 Å². The molecule has 0 spiro atoms. The van der Waals surface area contributed by atoms with Gasteiger partial charge in [0, 0.05) is 12.2 Å². The fourth-order valence-corrected chi connectivity index (χ4v) is 3.66. The van der Waals surface area contributed by atoms with Gasteiger partial charge in [-0.15, -0.1) is 0 Å². The topological polar surface area (TPSA) is 82.1 Å². The summed E-state index contributed by atoms with van der Waals surface area (Å²) in [5.41, 5.74) is 0.955. The molecule has 0 unspecified atom stereocenters. The van der Waals surface area contributed by atoms with Gasteiger partial charge in [0.15, 0.2) is 5.65 Å². The van der Waals surface area contributed by atoms with Crippen molar-refractivity contribution >= 4 is 17.1 Å². The average molecular weight is 354 g/mol. The lowest BCUT2D eigenvalue weighted by Gasteiger charge is -2.22. The first-order valence-corrected chi connectivity index (χ1v) is 9.08. The van der Waals surface area contributed by atoms with Gasteiger partial charge in [-0.3, -0.25) is 13.9 Å². The molecule has 1 amide bonds. The first-order chi connectivity index (χ1) is 12.7. The van der Waals surface area contributed by atoms with E-state index in [0.717, 1.165) is 25.7 Å². The second kappa shape index (κ2) is 7.19. The summed E-state index contributed by atoms with van der Waals surface area (Å²) in [7, 11) is 0. The Labute approximate surface area is 150 Å². The number of fused-ring (bicyclic) bond motifs is 1. The normalized spacial score (nSPS) is 15.4. The molecule has 4 rings (SSSR count). The Kier molecular flexibility index (Phi) is 4.60. The van der Waals surface area contributed by atoms with E-state index in [1.54, 1.807) is 29.2 Å². The molecule has 0 saturated heterocycles. The maximum atomic E-state index is 12.9. The molecule has 3 heterocycles. The Hall–Kier alpha value is -2.83. The zero-order valence-corrected chi connectivity index (χ0v) is 14.6. The first kappa shape index (κ1) is 16.6. The smallest absolute Gasteiger partial charge is 0.331 e. The van der Waals surface area contributed by atoms with Gasteiger partial charge in [-0.2, -0.15) is 0 Å². The van der Waals surface area contributed by atoms with Crippen molar-refractivity contribution in [3.05, 3.63) is 53.0 Å². The summed E-state index contributed by atoms with van der Waals surface area (Å²) < 4.78 is 8.39. The molecule has 0 aliphatic heterocycles. The van der Waals surface area contributed by atoms with Gasteiger partial charge in [-0.25, -0.2) is 9.78 Å². The van der Waals surface area contributed by atoms with Crippen LogP contribution in [0.3, 0.4) is 0 Å². The Balaban J connectivity index is 1.61. The maximum absolute atomic E-state index is 12.9. The predicted molar refractivity (Wildman–Crippen MR) is 96.8 cm³/mol. The van der Waals surface area contributed by atoms with Gasteiger partial charge in [0.1, 0.15) is 12.3 Å². The van der Waals surface area contributed by atoms with Crippen molar-refractivity contribution in [1.82, 2.24) is 19.4 Å². The van der Waals surface area contributed by atoms with Crippen LogP contribution in [0, 0.1) is 0 Å². The zero-order valence-electron chi connectivity index (χ0n) is 14.6. The number of carbonyl (C=O) groups is 1. The zero-order chi connectivity index (χ0) is 17.9. The molecule has 1 saturated carbocycles. The number of amides is 1. The number of imidazole rings is 1. The van der Waals surface area contributed by atoms with Crippen LogP contribution < -0.4 is 11.0 Å². The van der Waals surface area contributed by atoms with E-state index in [0.29, 0.717) is 16.9 Å². The Morgan fingerprint density at radius 3 is 2.81 bits per heavy atom. The van der Waals surface area contributed by atoms with E-state index in [1.807, 2.05) is 12.1 Å². The van der Waals surface area contributed by atoms with E-state index >= 15 is 0 Å². The minimum Gasteiger partial charge on any atom is -0.467 e. The molecule has 0 radical (unpaired) electrons. The number of hydrogen-bond acceptors (Lipinski definition) is 4. The largest absolute Gasteiger partial charge is 0.467 e. The molecular formula is C19H22N4O3. The lowest BCUT2D eigenvalue weighted by atomic mass is 9.95. The van der Waals surface area contributed by atoms with Gasteiger partial charge < -0.3 is 9.73 Å². The van der Waals surface area contributed by atoms with Crippen LogP contribution in [-0.4, -0.2) is 26.1 Å². The van der Waals surface area contributed by atoms with Crippen LogP contribution in [0.4, 0.5) is 0 Å². The second-order valence-corrected chi connectivity index (χ2v) is 6.78. The van der Waals surface area contributed by atoms with Crippen molar-refractivity contribution in [2.24, 2.45) is 0 Å². The Morgan fingerprint density at radius 1 is 1.19 bits per heavy atom. The predicted octanol–water partition coefficient (Wildman–Crippen LogP) is 2.29. The summed E-state index contributed by atoms with van der Waals surface area (Å²) >= 11 is 0. The van der Waals surface area contributed by atoms with E-state index in [-0.39, 0.29) is 30.7 Å². The van der Waals surface area contributed by atoms with Crippen LogP contribution in [0.2, 0.25) is 0 Å². The third kappa shape index (κ3) is 3.29. The van der Waals surface area contributed by atoms with Crippen molar-refractivity contribution in [2.75, 3.05) is 0 Å². The summed E-state index contributed by atoms with van der Waals surface area (Å²) in [4.78, 5) is 29.7. The van der Waals surface area contributed by atoms with Gasteiger partial charge >= 0.3 is 5.69 Å². The molecule has 3 aromatic heterocycles. The highest BCUT2D eigenvalue weighted by atomic mass is 16.3. The summed E-state index contributed by atoms with van der Waals surface area (Å²) in [6.07, 6.45) is 8.79. The lowest BCUT2D eigenvalue weighted by Crippen LogP contribution is -2.40. The number of carbonyl (C=O) groups excluding carboxylic acids is 1. The van der Waals surface area contributed by atoms with Gasteiger partial charge in [-0.1, -0.05) is 19.3 Å². The summed E-state index contributed by atoms with van der Waals surface area (Å²) in [6, 6.07) is 7.41. The molecule has 0 aromatic carbocycles. The highest BCUT2D eigenvalue weighted by molar-refractivity contribution is 5.79. The average Bonchev–Trinajstić information content (AvgIpc) is 3.26. The van der Waals surface area contributed by atoms with Crippen molar-refractivity contribution in [1.29, 1.82) is 0 Å². The van der Waals surface area contributed by atoms with Crippen LogP contribution in [0.15, 0.2) is 45.9 Å². The minimum atomic E-state index is -0.256. The third-order valence-electron chi connectivity index (χ3n) is 4.94. The van der Waals surface area contributed by atoms with E-state index in [1.165, 1.54) is 11.0 Å². The van der Waals surface area contributed by atoms with Crippen LogP contribution in [0.25, 0.3) is 11.2 Å². The molecule has 26 heavy (non-hydrogen) atoms. The molecular weight excluding hydrogens is 332 g/mol. The quantitative estimate of drug-likeness (QED) is 0.762. The number of nitrogens with one attached hydrogen (secondary N) is 1. The van der Waals surface area contributed by atoms with Crippen molar-refractivity contribution in [2.45, 2.75) is 51.2 Å².